The Morgan fingerprint density at radius 1 is 1.11 bits per heavy atom. The maximum absolute atomic E-state index is 12.0. The largest absolute Gasteiger partial charge is 0.479 e. The zero-order valence-electron chi connectivity index (χ0n) is 17.2. The molecule has 0 radical (unpaired) electrons. The Bertz CT molecular complexity index is 615. The Kier molecular flexibility index (Phi) is 4.93. The number of hydrogen-bond donors (Lipinski definition) is 1. The lowest BCUT2D eigenvalue weighted by atomic mass is 9.44. The highest BCUT2D eigenvalue weighted by Gasteiger charge is 2.61. The number of ether oxygens (including phenoxy) is 1. The number of Topliss-reactive ketones (excluding diaryl/α,β-unsaturated/α-hetero) is 1. The molecule has 0 aromatic rings. The minimum atomic E-state index is -0.785. The van der Waals surface area contributed by atoms with E-state index in [1.165, 1.54) is 19.3 Å². The summed E-state index contributed by atoms with van der Waals surface area (Å²) in [6, 6.07) is 0. The van der Waals surface area contributed by atoms with E-state index in [2.05, 4.69) is 13.8 Å². The fourth-order valence-corrected chi connectivity index (χ4v) is 8.12. The summed E-state index contributed by atoms with van der Waals surface area (Å²) >= 11 is 0. The van der Waals surface area contributed by atoms with Crippen LogP contribution in [0.5, 0.6) is 0 Å². The molecule has 4 heteroatoms. The number of carboxylic acid groups (broad SMARTS) is 1. The van der Waals surface area contributed by atoms with Crippen LogP contribution in [0.2, 0.25) is 0 Å². The fourth-order valence-electron chi connectivity index (χ4n) is 8.12. The Hall–Kier alpha value is -0.900. The number of ketones is 1. The van der Waals surface area contributed by atoms with E-state index in [-0.39, 0.29) is 11.3 Å². The molecule has 1 N–H and O–H groups in total. The molecule has 27 heavy (non-hydrogen) atoms. The van der Waals surface area contributed by atoms with Gasteiger partial charge in [-0.05, 0) is 86.4 Å². The predicted octanol–water partition coefficient (Wildman–Crippen LogP) is 4.70. The van der Waals surface area contributed by atoms with E-state index in [1.54, 1.807) is 0 Å². The third kappa shape index (κ3) is 2.89. The molecule has 0 aromatic heterocycles. The molecule has 0 bridgehead atoms. The van der Waals surface area contributed by atoms with Crippen molar-refractivity contribution in [2.45, 2.75) is 84.7 Å². The highest BCUT2D eigenvalue weighted by atomic mass is 16.5. The first-order chi connectivity index (χ1) is 12.8. The van der Waals surface area contributed by atoms with Crippen LogP contribution in [0.3, 0.4) is 0 Å². The van der Waals surface area contributed by atoms with Crippen molar-refractivity contribution in [1.82, 2.24) is 0 Å². The summed E-state index contributed by atoms with van der Waals surface area (Å²) in [4.78, 5) is 23.9. The normalized spacial score (nSPS) is 47.7. The van der Waals surface area contributed by atoms with Crippen molar-refractivity contribution in [3.05, 3.63) is 0 Å². The van der Waals surface area contributed by atoms with Gasteiger partial charge in [-0.3, -0.25) is 4.79 Å². The minimum absolute atomic E-state index is 0.0904. The number of carbonyl (C=O) groups excluding carboxylic acids is 1. The second-order valence-electron chi connectivity index (χ2n) is 10.3. The Morgan fingerprint density at radius 3 is 2.56 bits per heavy atom. The maximum atomic E-state index is 12.0. The molecule has 0 aromatic carbocycles. The molecule has 4 rings (SSSR count). The van der Waals surface area contributed by atoms with Gasteiger partial charge in [0.25, 0.3) is 0 Å². The minimum Gasteiger partial charge on any atom is -0.479 e. The summed E-state index contributed by atoms with van der Waals surface area (Å²) in [6.45, 7) is 7.19. The van der Waals surface area contributed by atoms with Gasteiger partial charge in [0.05, 0.1) is 0 Å². The average molecular weight is 377 g/mol. The van der Waals surface area contributed by atoms with Crippen LogP contribution >= 0.6 is 0 Å². The summed E-state index contributed by atoms with van der Waals surface area (Å²) in [7, 11) is 0. The van der Waals surface area contributed by atoms with Crippen molar-refractivity contribution in [1.29, 1.82) is 0 Å². The van der Waals surface area contributed by atoms with Gasteiger partial charge in [-0.15, -0.1) is 0 Å². The number of carbonyl (C=O) groups is 2. The van der Waals surface area contributed by atoms with Crippen molar-refractivity contribution in [2.75, 3.05) is 6.61 Å². The molecule has 4 aliphatic rings. The van der Waals surface area contributed by atoms with E-state index >= 15 is 0 Å². The first kappa shape index (κ1) is 19.4. The standard InChI is InChI=1S/C23H36O4/c1-4-27-20(21(25)26)19-8-7-17-16-6-5-14-13-15(24)9-11-22(14,2)18(16)10-12-23(17,19)3/h14,16-20H,4-13H2,1-3H3,(H,25,26)/t14?,16-,17-,18-,19+,20?,22-,23-/m0/s1. The molecule has 4 fully saturated rings. The van der Waals surface area contributed by atoms with Crippen LogP contribution in [0, 0.1) is 40.4 Å². The van der Waals surface area contributed by atoms with Crippen LogP contribution in [0.25, 0.3) is 0 Å². The van der Waals surface area contributed by atoms with Gasteiger partial charge in [-0.1, -0.05) is 13.8 Å². The number of hydrogen-bond acceptors (Lipinski definition) is 3. The van der Waals surface area contributed by atoms with Crippen molar-refractivity contribution in [3.8, 4) is 0 Å². The summed E-state index contributed by atoms with van der Waals surface area (Å²) < 4.78 is 5.72. The molecule has 0 heterocycles. The third-order valence-electron chi connectivity index (χ3n) is 9.51. The second kappa shape index (κ2) is 6.86. The van der Waals surface area contributed by atoms with Crippen LogP contribution in [0.15, 0.2) is 0 Å². The van der Waals surface area contributed by atoms with Crippen molar-refractivity contribution >= 4 is 11.8 Å². The number of rotatable bonds is 4. The van der Waals surface area contributed by atoms with Crippen molar-refractivity contribution in [3.63, 3.8) is 0 Å². The highest BCUT2D eigenvalue weighted by Crippen LogP contribution is 2.67. The van der Waals surface area contributed by atoms with Crippen LogP contribution in [0.4, 0.5) is 0 Å². The zero-order valence-corrected chi connectivity index (χ0v) is 17.2. The van der Waals surface area contributed by atoms with E-state index in [4.69, 9.17) is 4.74 Å². The average Bonchev–Trinajstić information content (AvgIpc) is 2.97. The second-order valence-corrected chi connectivity index (χ2v) is 10.3. The first-order valence-electron chi connectivity index (χ1n) is 11.2. The van der Waals surface area contributed by atoms with Crippen LogP contribution in [0.1, 0.15) is 78.6 Å². The monoisotopic (exact) mass is 376 g/mol. The lowest BCUT2D eigenvalue weighted by molar-refractivity contribution is -0.163. The lowest BCUT2D eigenvalue weighted by Crippen LogP contribution is -2.54. The molecule has 0 saturated heterocycles. The Balaban J connectivity index is 1.59. The molecule has 2 unspecified atom stereocenters. The van der Waals surface area contributed by atoms with Gasteiger partial charge in [0, 0.05) is 25.4 Å². The summed E-state index contributed by atoms with van der Waals surface area (Å²) in [6.07, 6.45) is 8.87. The van der Waals surface area contributed by atoms with E-state index < -0.39 is 12.1 Å². The van der Waals surface area contributed by atoms with Gasteiger partial charge < -0.3 is 9.84 Å². The molecule has 152 valence electrons. The van der Waals surface area contributed by atoms with E-state index in [0.29, 0.717) is 35.6 Å². The van der Waals surface area contributed by atoms with Crippen LogP contribution in [-0.4, -0.2) is 29.6 Å². The summed E-state index contributed by atoms with van der Waals surface area (Å²) in [5.41, 5.74) is 0.412. The zero-order chi connectivity index (χ0) is 19.4. The molecule has 0 amide bonds. The molecule has 0 spiro atoms. The molecule has 4 saturated carbocycles. The van der Waals surface area contributed by atoms with Gasteiger partial charge >= 0.3 is 5.97 Å². The highest BCUT2D eigenvalue weighted by molar-refractivity contribution is 5.79. The van der Waals surface area contributed by atoms with Gasteiger partial charge in [0.15, 0.2) is 6.10 Å². The van der Waals surface area contributed by atoms with Gasteiger partial charge in [0.1, 0.15) is 5.78 Å². The quantitative estimate of drug-likeness (QED) is 0.772. The smallest absolute Gasteiger partial charge is 0.333 e. The van der Waals surface area contributed by atoms with Gasteiger partial charge in [-0.25, -0.2) is 4.79 Å². The van der Waals surface area contributed by atoms with E-state index in [0.717, 1.165) is 44.4 Å². The third-order valence-corrected chi connectivity index (χ3v) is 9.51. The van der Waals surface area contributed by atoms with Crippen molar-refractivity contribution in [2.24, 2.45) is 40.4 Å². The van der Waals surface area contributed by atoms with Crippen molar-refractivity contribution < 1.29 is 19.4 Å². The maximum Gasteiger partial charge on any atom is 0.333 e. The Morgan fingerprint density at radius 2 is 1.85 bits per heavy atom. The number of carboxylic acids is 1. The van der Waals surface area contributed by atoms with Crippen LogP contribution < -0.4 is 0 Å². The van der Waals surface area contributed by atoms with E-state index in [1.807, 2.05) is 6.92 Å². The van der Waals surface area contributed by atoms with Gasteiger partial charge in [-0.2, -0.15) is 0 Å². The SMILES string of the molecule is CCOC(C(=O)O)[C@H]1CC[C@H]2[C@@H]3CCC4CC(=O)CC[C@]4(C)[C@H]3CC[C@]12C. The molecule has 4 aliphatic carbocycles. The molecule has 8 atom stereocenters. The first-order valence-corrected chi connectivity index (χ1v) is 11.2. The number of fused-ring (bicyclic) bond motifs is 5. The molecule has 0 aliphatic heterocycles. The van der Waals surface area contributed by atoms with E-state index in [9.17, 15) is 14.7 Å². The molecule has 4 nitrogen and oxygen atoms in total. The lowest BCUT2D eigenvalue weighted by Gasteiger charge is -2.60. The topological polar surface area (TPSA) is 63.6 Å². The predicted molar refractivity (Wildman–Crippen MR) is 103 cm³/mol. The summed E-state index contributed by atoms with van der Waals surface area (Å²) in [5, 5.41) is 9.77. The molecular formula is C23H36O4. The van der Waals surface area contributed by atoms with Gasteiger partial charge in [0.2, 0.25) is 0 Å². The Labute approximate surface area is 163 Å². The molecular weight excluding hydrogens is 340 g/mol. The van der Waals surface area contributed by atoms with Crippen LogP contribution in [-0.2, 0) is 14.3 Å². The number of aliphatic carboxylic acids is 1. The summed E-state index contributed by atoms with van der Waals surface area (Å²) in [5.74, 6) is 2.46. The fraction of sp³-hybridized carbons (Fsp3) is 0.913.